The fraction of sp³-hybridized carbons (Fsp3) is 0.737. The van der Waals surface area contributed by atoms with Crippen LogP contribution in [0.15, 0.2) is 16.7 Å². The van der Waals surface area contributed by atoms with E-state index in [1.54, 1.807) is 6.26 Å². The number of rotatable bonds is 6. The zero-order chi connectivity index (χ0) is 17.7. The number of carbonyl (C=O) groups is 1. The Kier molecular flexibility index (Phi) is 6.33. The summed E-state index contributed by atoms with van der Waals surface area (Å²) in [5.41, 5.74) is 0.799. The van der Waals surface area contributed by atoms with Crippen LogP contribution in [0, 0.1) is 5.92 Å². The molecule has 1 heterocycles. The van der Waals surface area contributed by atoms with Crippen LogP contribution in [0.25, 0.3) is 0 Å². The van der Waals surface area contributed by atoms with Gasteiger partial charge in [0.05, 0.1) is 6.26 Å². The molecule has 1 aliphatic carbocycles. The highest BCUT2D eigenvalue weighted by atomic mass is 16.6. The summed E-state index contributed by atoms with van der Waals surface area (Å²) < 4.78 is 10.9. The van der Waals surface area contributed by atoms with Gasteiger partial charge in [0.1, 0.15) is 11.4 Å². The van der Waals surface area contributed by atoms with Crippen LogP contribution in [0.4, 0.5) is 4.79 Å². The maximum atomic E-state index is 11.9. The molecule has 0 bridgehead atoms. The lowest BCUT2D eigenvalue weighted by atomic mass is 9.92. The van der Waals surface area contributed by atoms with E-state index in [9.17, 15) is 4.79 Å². The van der Waals surface area contributed by atoms with Crippen LogP contribution in [0.3, 0.4) is 0 Å². The summed E-state index contributed by atoms with van der Waals surface area (Å²) in [6.07, 6.45) is 5.68. The van der Waals surface area contributed by atoms with Crippen LogP contribution in [-0.2, 0) is 11.2 Å². The third-order valence-electron chi connectivity index (χ3n) is 4.14. The zero-order valence-corrected chi connectivity index (χ0v) is 15.6. The number of alkyl carbamates (subject to hydrolysis) is 1. The van der Waals surface area contributed by atoms with Crippen LogP contribution >= 0.6 is 0 Å². The van der Waals surface area contributed by atoms with E-state index in [0.29, 0.717) is 18.5 Å². The average molecular weight is 336 g/mol. The van der Waals surface area contributed by atoms with Crippen molar-refractivity contribution in [3.63, 3.8) is 0 Å². The Morgan fingerprint density at radius 2 is 2.17 bits per heavy atom. The molecule has 2 unspecified atom stereocenters. The Morgan fingerprint density at radius 3 is 2.83 bits per heavy atom. The summed E-state index contributed by atoms with van der Waals surface area (Å²) >= 11 is 0. The lowest BCUT2D eigenvalue weighted by molar-refractivity contribution is 0.0519. The standard InChI is InChI=1S/C19H32N2O3/c1-13(2)11-14(12-20-18(22)24-19(3,4)5)21-16-7-6-8-17-15(16)9-10-23-17/h9-10,13-14,16,21H,6-8,11-12H2,1-5H3,(H,20,22). The SMILES string of the molecule is CC(C)CC(CNC(=O)OC(C)(C)C)NC1CCCc2occc21. The van der Waals surface area contributed by atoms with E-state index < -0.39 is 5.60 Å². The smallest absolute Gasteiger partial charge is 0.407 e. The monoisotopic (exact) mass is 336 g/mol. The van der Waals surface area contributed by atoms with Crippen molar-refractivity contribution >= 4 is 6.09 Å². The third-order valence-corrected chi connectivity index (χ3v) is 4.14. The predicted octanol–water partition coefficient (Wildman–Crippen LogP) is 4.19. The second-order valence-electron chi connectivity index (χ2n) is 8.12. The van der Waals surface area contributed by atoms with Crippen molar-refractivity contribution < 1.29 is 13.9 Å². The van der Waals surface area contributed by atoms with Gasteiger partial charge in [-0.05, 0) is 52.0 Å². The molecule has 1 amide bonds. The predicted molar refractivity (Wildman–Crippen MR) is 95.0 cm³/mol. The van der Waals surface area contributed by atoms with Crippen LogP contribution in [0.2, 0.25) is 0 Å². The molecule has 0 spiro atoms. The lowest BCUT2D eigenvalue weighted by Crippen LogP contribution is -2.45. The summed E-state index contributed by atoms with van der Waals surface area (Å²) in [6.45, 7) is 10.6. The number of ether oxygens (including phenoxy) is 1. The Hall–Kier alpha value is -1.49. The largest absolute Gasteiger partial charge is 0.469 e. The summed E-state index contributed by atoms with van der Waals surface area (Å²) in [5, 5.41) is 6.62. The quantitative estimate of drug-likeness (QED) is 0.818. The van der Waals surface area contributed by atoms with Gasteiger partial charge in [-0.2, -0.15) is 0 Å². The first-order valence-corrected chi connectivity index (χ1v) is 9.04. The van der Waals surface area contributed by atoms with Crippen molar-refractivity contribution in [3.05, 3.63) is 23.7 Å². The summed E-state index contributed by atoms with van der Waals surface area (Å²) in [6, 6.07) is 2.58. The molecule has 5 nitrogen and oxygen atoms in total. The van der Waals surface area contributed by atoms with Gasteiger partial charge >= 0.3 is 6.09 Å². The molecule has 24 heavy (non-hydrogen) atoms. The van der Waals surface area contributed by atoms with Crippen molar-refractivity contribution in [1.82, 2.24) is 10.6 Å². The van der Waals surface area contributed by atoms with Crippen molar-refractivity contribution in [3.8, 4) is 0 Å². The van der Waals surface area contributed by atoms with Crippen molar-refractivity contribution in [2.24, 2.45) is 5.92 Å². The lowest BCUT2D eigenvalue weighted by Gasteiger charge is -2.30. The van der Waals surface area contributed by atoms with Gasteiger partial charge in [-0.15, -0.1) is 0 Å². The molecule has 5 heteroatoms. The second kappa shape index (κ2) is 8.06. The molecule has 0 radical (unpaired) electrons. The minimum absolute atomic E-state index is 0.211. The molecule has 0 saturated carbocycles. The average Bonchev–Trinajstić information content (AvgIpc) is 2.92. The molecule has 2 N–H and O–H groups in total. The molecule has 0 saturated heterocycles. The van der Waals surface area contributed by atoms with Gasteiger partial charge in [-0.3, -0.25) is 0 Å². The molecule has 2 atom stereocenters. The van der Waals surface area contributed by atoms with Gasteiger partial charge in [-0.1, -0.05) is 13.8 Å². The van der Waals surface area contributed by atoms with Gasteiger partial charge < -0.3 is 19.8 Å². The molecule has 1 aromatic heterocycles. The maximum absolute atomic E-state index is 11.9. The summed E-state index contributed by atoms with van der Waals surface area (Å²) in [4.78, 5) is 11.9. The van der Waals surface area contributed by atoms with E-state index in [1.807, 2.05) is 20.8 Å². The molecule has 1 aromatic rings. The Labute approximate surface area is 145 Å². The minimum atomic E-state index is -0.472. The molecule has 1 aliphatic rings. The van der Waals surface area contributed by atoms with E-state index in [1.165, 1.54) is 5.56 Å². The normalized spacial score (nSPS) is 19.0. The molecule has 0 fully saturated rings. The number of carbonyl (C=O) groups excluding carboxylic acids is 1. The number of aryl methyl sites for hydroxylation is 1. The Morgan fingerprint density at radius 1 is 1.42 bits per heavy atom. The van der Waals surface area contributed by atoms with Crippen LogP contribution in [-0.4, -0.2) is 24.3 Å². The van der Waals surface area contributed by atoms with Crippen molar-refractivity contribution in [2.45, 2.75) is 78.0 Å². The number of hydrogen-bond acceptors (Lipinski definition) is 4. The first kappa shape index (κ1) is 18.8. The van der Waals surface area contributed by atoms with E-state index in [0.717, 1.165) is 31.4 Å². The third kappa shape index (κ3) is 5.86. The van der Waals surface area contributed by atoms with Crippen LogP contribution < -0.4 is 10.6 Å². The molecule has 0 aliphatic heterocycles. The van der Waals surface area contributed by atoms with Gasteiger partial charge in [0.25, 0.3) is 0 Å². The van der Waals surface area contributed by atoms with Crippen LogP contribution in [0.5, 0.6) is 0 Å². The molecular formula is C19H32N2O3. The molecule has 0 aromatic carbocycles. The molecule has 136 valence electrons. The van der Waals surface area contributed by atoms with E-state index in [4.69, 9.17) is 9.15 Å². The Bertz CT molecular complexity index is 531. The summed E-state index contributed by atoms with van der Waals surface area (Å²) in [7, 11) is 0. The first-order valence-electron chi connectivity index (χ1n) is 9.04. The van der Waals surface area contributed by atoms with Crippen molar-refractivity contribution in [2.75, 3.05) is 6.54 Å². The number of fused-ring (bicyclic) bond motifs is 1. The number of nitrogens with one attached hydrogen (secondary N) is 2. The highest BCUT2D eigenvalue weighted by Crippen LogP contribution is 2.31. The van der Waals surface area contributed by atoms with Gasteiger partial charge in [0.2, 0.25) is 0 Å². The zero-order valence-electron chi connectivity index (χ0n) is 15.6. The second-order valence-corrected chi connectivity index (χ2v) is 8.12. The van der Waals surface area contributed by atoms with Gasteiger partial charge in [0, 0.05) is 30.6 Å². The number of amides is 1. The highest BCUT2D eigenvalue weighted by Gasteiger charge is 2.26. The summed E-state index contributed by atoms with van der Waals surface area (Å²) in [5.74, 6) is 1.65. The van der Waals surface area contributed by atoms with Gasteiger partial charge in [0.15, 0.2) is 0 Å². The van der Waals surface area contributed by atoms with Crippen LogP contribution in [0.1, 0.15) is 71.2 Å². The maximum Gasteiger partial charge on any atom is 0.407 e. The van der Waals surface area contributed by atoms with E-state index in [2.05, 4.69) is 30.5 Å². The fourth-order valence-electron chi connectivity index (χ4n) is 3.24. The van der Waals surface area contributed by atoms with E-state index in [-0.39, 0.29) is 12.1 Å². The van der Waals surface area contributed by atoms with Crippen molar-refractivity contribution in [1.29, 1.82) is 0 Å². The fourth-order valence-corrected chi connectivity index (χ4v) is 3.24. The first-order chi connectivity index (χ1) is 11.2. The molecular weight excluding hydrogens is 304 g/mol. The highest BCUT2D eigenvalue weighted by molar-refractivity contribution is 5.67. The molecule has 2 rings (SSSR count). The number of furan rings is 1. The van der Waals surface area contributed by atoms with Gasteiger partial charge in [-0.25, -0.2) is 4.79 Å². The Balaban J connectivity index is 1.93. The number of hydrogen-bond donors (Lipinski definition) is 2. The minimum Gasteiger partial charge on any atom is -0.469 e. The topological polar surface area (TPSA) is 63.5 Å². The van der Waals surface area contributed by atoms with E-state index >= 15 is 0 Å².